The van der Waals surface area contributed by atoms with Crippen molar-refractivity contribution < 1.29 is 4.79 Å². The normalized spacial score (nSPS) is 13.1. The third-order valence-corrected chi connectivity index (χ3v) is 6.02. The second-order valence-corrected chi connectivity index (χ2v) is 8.32. The van der Waals surface area contributed by atoms with Crippen LogP contribution in [-0.2, 0) is 17.8 Å². The standard InChI is InChI=1S/C23H24N4OS/c1-16-7-8-17(2)20(13-16)24-22(28)15-29-23-10-9-21(25-26-23)27-12-11-18-5-3-4-6-19(18)14-27/h3-10,13H,11-12,14-15H2,1-2H3,(H,24,28). The van der Waals surface area contributed by atoms with E-state index in [1.807, 2.05) is 44.2 Å². The maximum Gasteiger partial charge on any atom is 0.234 e. The minimum atomic E-state index is -0.0396. The number of nitrogens with one attached hydrogen (secondary N) is 1. The van der Waals surface area contributed by atoms with E-state index in [0.29, 0.717) is 5.75 Å². The number of rotatable bonds is 5. The molecule has 148 valence electrons. The van der Waals surface area contributed by atoms with Gasteiger partial charge in [-0.15, -0.1) is 10.2 Å². The van der Waals surface area contributed by atoms with Gasteiger partial charge in [0.1, 0.15) is 5.03 Å². The van der Waals surface area contributed by atoms with Gasteiger partial charge in [-0.1, -0.05) is 48.2 Å². The molecule has 0 unspecified atom stereocenters. The Hall–Kier alpha value is -2.86. The molecule has 0 saturated heterocycles. The number of fused-ring (bicyclic) bond motifs is 1. The number of benzene rings is 2. The summed E-state index contributed by atoms with van der Waals surface area (Å²) in [4.78, 5) is 14.5. The predicted octanol–water partition coefficient (Wildman–Crippen LogP) is 4.39. The van der Waals surface area contributed by atoms with Gasteiger partial charge < -0.3 is 10.2 Å². The summed E-state index contributed by atoms with van der Waals surface area (Å²) in [7, 11) is 0. The minimum absolute atomic E-state index is 0.0396. The van der Waals surface area contributed by atoms with Crippen molar-refractivity contribution in [2.24, 2.45) is 0 Å². The molecule has 5 nitrogen and oxygen atoms in total. The Kier molecular flexibility index (Phi) is 5.81. The molecule has 1 N–H and O–H groups in total. The molecule has 0 spiro atoms. The summed E-state index contributed by atoms with van der Waals surface area (Å²) in [6, 6.07) is 18.5. The van der Waals surface area contributed by atoms with Gasteiger partial charge in [0, 0.05) is 18.8 Å². The Morgan fingerprint density at radius 2 is 1.90 bits per heavy atom. The summed E-state index contributed by atoms with van der Waals surface area (Å²) in [6.45, 7) is 5.80. The quantitative estimate of drug-likeness (QED) is 0.639. The van der Waals surface area contributed by atoms with Crippen molar-refractivity contribution in [1.29, 1.82) is 0 Å². The number of carbonyl (C=O) groups excluding carboxylic acids is 1. The Labute approximate surface area is 175 Å². The van der Waals surface area contributed by atoms with E-state index in [4.69, 9.17) is 0 Å². The maximum atomic E-state index is 12.3. The molecule has 0 saturated carbocycles. The van der Waals surface area contributed by atoms with Gasteiger partial charge >= 0.3 is 0 Å². The lowest BCUT2D eigenvalue weighted by molar-refractivity contribution is -0.113. The van der Waals surface area contributed by atoms with Crippen molar-refractivity contribution in [2.75, 3.05) is 22.5 Å². The van der Waals surface area contributed by atoms with Crippen LogP contribution in [0.5, 0.6) is 0 Å². The van der Waals surface area contributed by atoms with Crippen molar-refractivity contribution in [2.45, 2.75) is 31.8 Å². The maximum absolute atomic E-state index is 12.3. The van der Waals surface area contributed by atoms with E-state index in [1.165, 1.54) is 22.9 Å². The zero-order chi connectivity index (χ0) is 20.2. The van der Waals surface area contributed by atoms with E-state index in [2.05, 4.69) is 44.7 Å². The minimum Gasteiger partial charge on any atom is -0.350 e. The van der Waals surface area contributed by atoms with Crippen LogP contribution in [-0.4, -0.2) is 28.4 Å². The zero-order valence-corrected chi connectivity index (χ0v) is 17.5. The number of nitrogens with zero attached hydrogens (tertiary/aromatic N) is 3. The van der Waals surface area contributed by atoms with Crippen molar-refractivity contribution in [3.05, 3.63) is 76.9 Å². The molecule has 1 aliphatic heterocycles. The van der Waals surface area contributed by atoms with E-state index in [9.17, 15) is 4.79 Å². The number of hydrogen-bond acceptors (Lipinski definition) is 5. The molecule has 3 aromatic rings. The number of aryl methyl sites for hydroxylation is 2. The SMILES string of the molecule is Cc1ccc(C)c(NC(=O)CSc2ccc(N3CCc4ccccc4C3)nn2)c1. The Balaban J connectivity index is 1.33. The van der Waals surface area contributed by atoms with Crippen molar-refractivity contribution in [3.63, 3.8) is 0 Å². The summed E-state index contributed by atoms with van der Waals surface area (Å²) in [5.41, 5.74) is 5.81. The summed E-state index contributed by atoms with van der Waals surface area (Å²) < 4.78 is 0. The van der Waals surface area contributed by atoms with Gasteiger partial charge in [-0.25, -0.2) is 0 Å². The monoisotopic (exact) mass is 404 g/mol. The predicted molar refractivity (Wildman–Crippen MR) is 118 cm³/mol. The summed E-state index contributed by atoms with van der Waals surface area (Å²) >= 11 is 1.40. The number of amides is 1. The van der Waals surface area contributed by atoms with Crippen LogP contribution in [0.3, 0.4) is 0 Å². The summed E-state index contributed by atoms with van der Waals surface area (Å²) in [5, 5.41) is 12.4. The molecular formula is C23H24N4OS. The van der Waals surface area contributed by atoms with Gasteiger partial charge in [0.15, 0.2) is 5.82 Å². The number of carbonyl (C=O) groups is 1. The lowest BCUT2D eigenvalue weighted by Crippen LogP contribution is -2.31. The molecule has 2 heterocycles. The van der Waals surface area contributed by atoms with E-state index < -0.39 is 0 Å². The topological polar surface area (TPSA) is 58.1 Å². The van der Waals surface area contributed by atoms with Gasteiger partial charge in [0.05, 0.1) is 5.75 Å². The lowest BCUT2D eigenvalue weighted by Gasteiger charge is -2.29. The van der Waals surface area contributed by atoms with Gasteiger partial charge in [-0.2, -0.15) is 0 Å². The fourth-order valence-electron chi connectivity index (χ4n) is 3.45. The van der Waals surface area contributed by atoms with Crippen LogP contribution in [0.2, 0.25) is 0 Å². The molecule has 0 bridgehead atoms. The molecule has 0 fully saturated rings. The fourth-order valence-corrected chi connectivity index (χ4v) is 4.06. The Morgan fingerprint density at radius 3 is 2.69 bits per heavy atom. The van der Waals surface area contributed by atoms with Crippen LogP contribution < -0.4 is 10.2 Å². The first kappa shape index (κ1) is 19.5. The zero-order valence-electron chi connectivity index (χ0n) is 16.7. The summed E-state index contributed by atoms with van der Waals surface area (Å²) in [5.74, 6) is 1.14. The molecule has 1 amide bonds. The van der Waals surface area contributed by atoms with Crippen LogP contribution >= 0.6 is 11.8 Å². The van der Waals surface area contributed by atoms with Crippen molar-refractivity contribution >= 4 is 29.2 Å². The smallest absolute Gasteiger partial charge is 0.234 e. The number of anilines is 2. The first-order chi connectivity index (χ1) is 14.1. The molecule has 0 radical (unpaired) electrons. The third-order valence-electron chi connectivity index (χ3n) is 5.10. The summed E-state index contributed by atoms with van der Waals surface area (Å²) in [6.07, 6.45) is 1.02. The second-order valence-electron chi connectivity index (χ2n) is 7.33. The highest BCUT2D eigenvalue weighted by Crippen LogP contribution is 2.24. The van der Waals surface area contributed by atoms with Crippen LogP contribution in [0, 0.1) is 13.8 Å². The van der Waals surface area contributed by atoms with E-state index in [0.717, 1.165) is 47.2 Å². The van der Waals surface area contributed by atoms with Crippen LogP contribution in [0.15, 0.2) is 59.6 Å². The van der Waals surface area contributed by atoms with E-state index in [1.54, 1.807) is 0 Å². The van der Waals surface area contributed by atoms with E-state index >= 15 is 0 Å². The lowest BCUT2D eigenvalue weighted by atomic mass is 10.00. The first-order valence-corrected chi connectivity index (χ1v) is 10.7. The Bertz CT molecular complexity index is 1020. The highest BCUT2D eigenvalue weighted by atomic mass is 32.2. The van der Waals surface area contributed by atoms with Crippen LogP contribution in [0.1, 0.15) is 22.3 Å². The average Bonchev–Trinajstić information content (AvgIpc) is 2.75. The Morgan fingerprint density at radius 1 is 1.07 bits per heavy atom. The number of thioether (sulfide) groups is 1. The van der Waals surface area contributed by atoms with Crippen LogP contribution in [0.4, 0.5) is 11.5 Å². The molecule has 4 rings (SSSR count). The largest absolute Gasteiger partial charge is 0.350 e. The highest BCUT2D eigenvalue weighted by Gasteiger charge is 2.17. The van der Waals surface area contributed by atoms with Gasteiger partial charge in [0.25, 0.3) is 0 Å². The van der Waals surface area contributed by atoms with Gasteiger partial charge in [-0.05, 0) is 60.7 Å². The second kappa shape index (κ2) is 8.66. The molecule has 2 aromatic carbocycles. The van der Waals surface area contributed by atoms with Crippen LogP contribution in [0.25, 0.3) is 0 Å². The fraction of sp³-hybridized carbons (Fsp3) is 0.261. The number of hydrogen-bond donors (Lipinski definition) is 1. The third kappa shape index (κ3) is 4.77. The molecule has 0 aliphatic carbocycles. The van der Waals surface area contributed by atoms with Gasteiger partial charge in [0.2, 0.25) is 5.91 Å². The molecule has 29 heavy (non-hydrogen) atoms. The molecule has 6 heteroatoms. The molecular weight excluding hydrogens is 380 g/mol. The highest BCUT2D eigenvalue weighted by molar-refractivity contribution is 7.99. The van der Waals surface area contributed by atoms with Gasteiger partial charge in [-0.3, -0.25) is 4.79 Å². The molecule has 1 aliphatic rings. The number of aromatic nitrogens is 2. The molecule has 0 atom stereocenters. The molecule has 1 aromatic heterocycles. The average molecular weight is 405 g/mol. The first-order valence-electron chi connectivity index (χ1n) is 9.74. The van der Waals surface area contributed by atoms with E-state index in [-0.39, 0.29) is 5.91 Å². The van der Waals surface area contributed by atoms with Crippen molar-refractivity contribution in [1.82, 2.24) is 10.2 Å². The van der Waals surface area contributed by atoms with Crippen molar-refractivity contribution in [3.8, 4) is 0 Å².